The molecule has 3 rings (SSSR count). The smallest absolute Gasteiger partial charge is 0.257 e. The van der Waals surface area contributed by atoms with Gasteiger partial charge in [-0.05, 0) is 30.3 Å². The van der Waals surface area contributed by atoms with E-state index in [9.17, 15) is 13.2 Å². The number of rotatable bonds is 4. The second-order valence-electron chi connectivity index (χ2n) is 5.60. The molecule has 1 saturated heterocycles. The van der Waals surface area contributed by atoms with Crippen LogP contribution in [0.3, 0.4) is 0 Å². The van der Waals surface area contributed by atoms with Crippen LogP contribution in [0, 0.1) is 0 Å². The van der Waals surface area contributed by atoms with Crippen LogP contribution in [0.2, 0.25) is 10.0 Å². The molecule has 0 atom stereocenters. The molecule has 0 aliphatic carbocycles. The number of hydrogen-bond donors (Lipinski definition) is 1. The van der Waals surface area contributed by atoms with Crippen LogP contribution >= 0.6 is 23.2 Å². The van der Waals surface area contributed by atoms with Gasteiger partial charge in [0.1, 0.15) is 0 Å². The Morgan fingerprint density at radius 1 is 1.08 bits per heavy atom. The first-order valence-corrected chi connectivity index (χ1v) is 10.0. The molecule has 1 heterocycles. The molecule has 0 bridgehead atoms. The summed E-state index contributed by atoms with van der Waals surface area (Å²) in [4.78, 5) is 12.5. The van der Waals surface area contributed by atoms with Crippen molar-refractivity contribution in [2.75, 3.05) is 31.6 Å². The third-order valence-corrected chi connectivity index (χ3v) is 6.61. The summed E-state index contributed by atoms with van der Waals surface area (Å²) in [6.07, 6.45) is 0. The first-order valence-electron chi connectivity index (χ1n) is 7.83. The fourth-order valence-electron chi connectivity index (χ4n) is 2.55. The van der Waals surface area contributed by atoms with Gasteiger partial charge in [0.05, 0.1) is 33.7 Å². The highest BCUT2D eigenvalue weighted by Crippen LogP contribution is 2.27. The van der Waals surface area contributed by atoms with E-state index in [2.05, 4.69) is 5.32 Å². The molecule has 138 valence electrons. The van der Waals surface area contributed by atoms with E-state index in [1.807, 2.05) is 0 Å². The van der Waals surface area contributed by atoms with Gasteiger partial charge in [-0.2, -0.15) is 4.31 Å². The highest BCUT2D eigenvalue weighted by molar-refractivity contribution is 7.89. The Balaban J connectivity index is 1.83. The summed E-state index contributed by atoms with van der Waals surface area (Å²) in [5.74, 6) is -0.474. The third kappa shape index (κ3) is 4.02. The predicted octanol–water partition coefficient (Wildman–Crippen LogP) is 3.27. The summed E-state index contributed by atoms with van der Waals surface area (Å²) in [6, 6.07) is 10.8. The number of nitrogens with zero attached hydrogens (tertiary/aromatic N) is 1. The highest BCUT2D eigenvalue weighted by atomic mass is 35.5. The van der Waals surface area contributed by atoms with Crippen molar-refractivity contribution in [3.63, 3.8) is 0 Å². The Hall–Kier alpha value is -1.64. The monoisotopic (exact) mass is 414 g/mol. The van der Waals surface area contributed by atoms with E-state index in [0.29, 0.717) is 32.0 Å². The Bertz CT molecular complexity index is 928. The molecule has 1 amide bonds. The normalized spacial score (nSPS) is 15.6. The van der Waals surface area contributed by atoms with Crippen molar-refractivity contribution in [1.29, 1.82) is 0 Å². The summed E-state index contributed by atoms with van der Waals surface area (Å²) in [7, 11) is -3.64. The molecule has 1 fully saturated rings. The van der Waals surface area contributed by atoms with Crippen LogP contribution in [0.5, 0.6) is 0 Å². The summed E-state index contributed by atoms with van der Waals surface area (Å²) in [5.41, 5.74) is 0.556. The van der Waals surface area contributed by atoms with Crippen molar-refractivity contribution >= 4 is 44.8 Å². The highest BCUT2D eigenvalue weighted by Gasteiger charge is 2.26. The maximum atomic E-state index is 12.7. The van der Waals surface area contributed by atoms with Crippen LogP contribution in [-0.2, 0) is 14.8 Å². The molecule has 1 aliphatic heterocycles. The number of halogens is 2. The van der Waals surface area contributed by atoms with Gasteiger partial charge in [0.25, 0.3) is 5.91 Å². The van der Waals surface area contributed by atoms with Gasteiger partial charge in [-0.1, -0.05) is 35.3 Å². The largest absolute Gasteiger partial charge is 0.379 e. The van der Waals surface area contributed by atoms with Crippen molar-refractivity contribution in [3.05, 3.63) is 58.1 Å². The molecule has 0 spiro atoms. The molecule has 6 nitrogen and oxygen atoms in total. The average Bonchev–Trinajstić information content (AvgIpc) is 2.65. The van der Waals surface area contributed by atoms with Gasteiger partial charge in [0.2, 0.25) is 10.0 Å². The lowest BCUT2D eigenvalue weighted by molar-refractivity contribution is 0.0730. The fourth-order valence-corrected chi connectivity index (χ4v) is 4.39. The van der Waals surface area contributed by atoms with Gasteiger partial charge in [0, 0.05) is 18.8 Å². The summed E-state index contributed by atoms with van der Waals surface area (Å²) < 4.78 is 32.0. The molecule has 1 aliphatic rings. The number of morpholine rings is 1. The molecule has 0 unspecified atom stereocenters. The Morgan fingerprint density at radius 3 is 2.50 bits per heavy atom. The second kappa shape index (κ2) is 7.94. The molecule has 2 aromatic rings. The molecular formula is C17H16Cl2N2O4S. The van der Waals surface area contributed by atoms with Crippen LogP contribution in [-0.4, -0.2) is 44.9 Å². The van der Waals surface area contributed by atoms with Gasteiger partial charge in [-0.15, -0.1) is 0 Å². The van der Waals surface area contributed by atoms with Gasteiger partial charge >= 0.3 is 0 Å². The summed E-state index contributed by atoms with van der Waals surface area (Å²) in [6.45, 7) is 1.33. The zero-order chi connectivity index (χ0) is 18.7. The Labute approximate surface area is 161 Å². The summed E-state index contributed by atoms with van der Waals surface area (Å²) in [5, 5.41) is 3.06. The topological polar surface area (TPSA) is 75.7 Å². The van der Waals surface area contributed by atoms with E-state index in [4.69, 9.17) is 27.9 Å². The summed E-state index contributed by atoms with van der Waals surface area (Å²) >= 11 is 12.0. The minimum absolute atomic E-state index is 0.106. The van der Waals surface area contributed by atoms with Gasteiger partial charge in [0.15, 0.2) is 0 Å². The maximum absolute atomic E-state index is 12.7. The second-order valence-corrected chi connectivity index (χ2v) is 8.32. The maximum Gasteiger partial charge on any atom is 0.257 e. The average molecular weight is 415 g/mol. The van der Waals surface area contributed by atoms with Gasteiger partial charge in [-0.25, -0.2) is 8.42 Å². The molecule has 2 aromatic carbocycles. The van der Waals surface area contributed by atoms with Crippen molar-refractivity contribution < 1.29 is 17.9 Å². The van der Waals surface area contributed by atoms with E-state index in [1.54, 1.807) is 24.3 Å². The van der Waals surface area contributed by atoms with Crippen LogP contribution in [0.25, 0.3) is 0 Å². The van der Waals surface area contributed by atoms with Crippen molar-refractivity contribution in [1.82, 2.24) is 4.31 Å². The minimum atomic E-state index is -3.64. The lowest BCUT2D eigenvalue weighted by Gasteiger charge is -2.26. The number of hydrogen-bond acceptors (Lipinski definition) is 4. The van der Waals surface area contributed by atoms with Crippen LogP contribution in [0.1, 0.15) is 10.4 Å². The van der Waals surface area contributed by atoms with Crippen LogP contribution in [0.4, 0.5) is 5.69 Å². The van der Waals surface area contributed by atoms with Crippen LogP contribution < -0.4 is 5.32 Å². The van der Waals surface area contributed by atoms with E-state index >= 15 is 0 Å². The quantitative estimate of drug-likeness (QED) is 0.832. The molecule has 0 radical (unpaired) electrons. The fraction of sp³-hybridized carbons (Fsp3) is 0.235. The number of nitrogens with one attached hydrogen (secondary N) is 1. The molecule has 26 heavy (non-hydrogen) atoms. The third-order valence-electron chi connectivity index (χ3n) is 3.90. The van der Waals surface area contributed by atoms with Crippen LogP contribution in [0.15, 0.2) is 47.4 Å². The van der Waals surface area contributed by atoms with E-state index < -0.39 is 15.9 Å². The Morgan fingerprint density at radius 2 is 1.77 bits per heavy atom. The van der Waals surface area contributed by atoms with E-state index in [0.717, 1.165) is 0 Å². The number of sulfonamides is 1. The number of carbonyl (C=O) groups excluding carboxylic acids is 1. The first kappa shape index (κ1) is 19.1. The lowest BCUT2D eigenvalue weighted by atomic mass is 10.2. The number of anilines is 1. The lowest BCUT2D eigenvalue weighted by Crippen LogP contribution is -2.40. The number of ether oxygens (including phenoxy) is 1. The van der Waals surface area contributed by atoms with Crippen molar-refractivity contribution in [2.24, 2.45) is 0 Å². The molecule has 0 aromatic heterocycles. The number of benzene rings is 2. The molecule has 1 N–H and O–H groups in total. The van der Waals surface area contributed by atoms with Gasteiger partial charge in [-0.3, -0.25) is 4.79 Å². The van der Waals surface area contributed by atoms with Crippen molar-refractivity contribution in [2.45, 2.75) is 4.90 Å². The van der Waals surface area contributed by atoms with Crippen molar-refractivity contribution in [3.8, 4) is 0 Å². The molecule has 0 saturated carbocycles. The standard InChI is InChI=1S/C17H16Cl2N2O4S/c18-15-6-2-5-14(16(15)19)17(22)20-12-3-1-4-13(11-12)26(23,24)21-7-9-25-10-8-21/h1-6,11H,7-10H2,(H,20,22). The molecule has 9 heteroatoms. The zero-order valence-electron chi connectivity index (χ0n) is 13.6. The molecular weight excluding hydrogens is 399 g/mol. The van der Waals surface area contributed by atoms with Gasteiger partial charge < -0.3 is 10.1 Å². The Kier molecular flexibility index (Phi) is 5.84. The minimum Gasteiger partial charge on any atom is -0.379 e. The SMILES string of the molecule is O=C(Nc1cccc(S(=O)(=O)N2CCOCC2)c1)c1cccc(Cl)c1Cl. The predicted molar refractivity (Wildman–Crippen MR) is 100 cm³/mol. The number of carbonyl (C=O) groups is 1. The first-order chi connectivity index (χ1) is 12.4. The van der Waals surface area contributed by atoms with E-state index in [1.165, 1.54) is 22.5 Å². The number of amides is 1. The zero-order valence-corrected chi connectivity index (χ0v) is 15.9. The van der Waals surface area contributed by atoms with E-state index in [-0.39, 0.29) is 20.5 Å².